The van der Waals surface area contributed by atoms with E-state index in [1.54, 1.807) is 0 Å². The molecule has 3 aromatic rings. The van der Waals surface area contributed by atoms with E-state index in [9.17, 15) is 0 Å². The first-order valence-electron chi connectivity index (χ1n) is 8.74. The lowest BCUT2D eigenvalue weighted by Crippen LogP contribution is -2.11. The van der Waals surface area contributed by atoms with Crippen LogP contribution in [-0.2, 0) is 0 Å². The highest BCUT2D eigenvalue weighted by atomic mass is 16.5. The van der Waals surface area contributed by atoms with Crippen molar-refractivity contribution in [1.29, 1.82) is 0 Å². The Kier molecular flexibility index (Phi) is 5.37. The number of nitrogens with two attached hydrogens (primary N) is 1. The summed E-state index contributed by atoms with van der Waals surface area (Å²) < 4.78 is 5.86. The topological polar surface area (TPSA) is 73.1 Å². The van der Waals surface area contributed by atoms with Gasteiger partial charge in [-0.2, -0.15) is 4.98 Å². The summed E-state index contributed by atoms with van der Waals surface area (Å²) in [5.41, 5.74) is 9.02. The van der Waals surface area contributed by atoms with Crippen LogP contribution in [0.5, 0.6) is 11.6 Å². The molecule has 0 aliphatic rings. The fourth-order valence-corrected chi connectivity index (χ4v) is 2.64. The molecule has 0 fully saturated rings. The van der Waals surface area contributed by atoms with Crippen LogP contribution in [0, 0.1) is 0 Å². The van der Waals surface area contributed by atoms with Gasteiger partial charge >= 0.3 is 0 Å². The van der Waals surface area contributed by atoms with Crippen molar-refractivity contribution in [2.45, 2.75) is 32.7 Å². The second-order valence-corrected chi connectivity index (χ2v) is 6.54. The molecule has 0 spiro atoms. The van der Waals surface area contributed by atoms with Crippen molar-refractivity contribution in [2.75, 3.05) is 11.1 Å². The third-order valence-corrected chi connectivity index (χ3v) is 4.26. The van der Waals surface area contributed by atoms with Gasteiger partial charge in [0.25, 0.3) is 0 Å². The molecule has 1 aromatic heterocycles. The van der Waals surface area contributed by atoms with Crippen LogP contribution in [0.25, 0.3) is 0 Å². The van der Waals surface area contributed by atoms with Crippen LogP contribution in [0.15, 0.2) is 60.9 Å². The number of hydrogen-bond acceptors (Lipinski definition) is 5. The zero-order valence-electron chi connectivity index (χ0n) is 15.3. The molecule has 26 heavy (non-hydrogen) atoms. The molecule has 5 nitrogen and oxygen atoms in total. The molecule has 1 heterocycles. The number of nitrogens with zero attached hydrogens (tertiary/aromatic N) is 2. The van der Waals surface area contributed by atoms with Gasteiger partial charge < -0.3 is 15.8 Å². The number of nitrogen functional groups attached to an aromatic ring is 1. The Bertz CT molecular complexity index is 848. The maximum absolute atomic E-state index is 6.22. The SMILES string of the molecule is CC(C)c1ccc(Oc2ncnc(NC(C)c3ccccc3)c2N)cc1. The van der Waals surface area contributed by atoms with E-state index in [-0.39, 0.29) is 6.04 Å². The average molecular weight is 348 g/mol. The van der Waals surface area contributed by atoms with E-state index in [1.807, 2.05) is 42.5 Å². The molecule has 134 valence electrons. The van der Waals surface area contributed by atoms with Crippen molar-refractivity contribution in [2.24, 2.45) is 0 Å². The van der Waals surface area contributed by atoms with E-state index in [2.05, 4.69) is 48.2 Å². The lowest BCUT2D eigenvalue weighted by atomic mass is 10.0. The second kappa shape index (κ2) is 7.87. The number of rotatable bonds is 6. The van der Waals surface area contributed by atoms with Crippen molar-refractivity contribution in [1.82, 2.24) is 9.97 Å². The summed E-state index contributed by atoms with van der Waals surface area (Å²) >= 11 is 0. The largest absolute Gasteiger partial charge is 0.437 e. The molecule has 3 rings (SSSR count). The van der Waals surface area contributed by atoms with Crippen LogP contribution in [0.4, 0.5) is 11.5 Å². The third kappa shape index (κ3) is 4.11. The van der Waals surface area contributed by atoms with Crippen molar-refractivity contribution in [3.8, 4) is 11.6 Å². The summed E-state index contributed by atoms with van der Waals surface area (Å²) in [5, 5.41) is 3.32. The Labute approximate surface area is 154 Å². The van der Waals surface area contributed by atoms with Gasteiger partial charge in [-0.05, 0) is 36.1 Å². The summed E-state index contributed by atoms with van der Waals surface area (Å²) in [4.78, 5) is 8.43. The minimum absolute atomic E-state index is 0.0616. The minimum Gasteiger partial charge on any atom is -0.437 e. The molecule has 1 unspecified atom stereocenters. The normalized spacial score (nSPS) is 12.0. The van der Waals surface area contributed by atoms with Crippen LogP contribution in [0.3, 0.4) is 0 Å². The first kappa shape index (κ1) is 17.7. The van der Waals surface area contributed by atoms with E-state index >= 15 is 0 Å². The first-order chi connectivity index (χ1) is 12.5. The third-order valence-electron chi connectivity index (χ3n) is 4.26. The quantitative estimate of drug-likeness (QED) is 0.644. The maximum Gasteiger partial charge on any atom is 0.248 e. The summed E-state index contributed by atoms with van der Waals surface area (Å²) in [7, 11) is 0. The molecule has 0 saturated carbocycles. The highest BCUT2D eigenvalue weighted by molar-refractivity contribution is 5.67. The van der Waals surface area contributed by atoms with E-state index in [0.717, 1.165) is 5.56 Å². The number of hydrogen-bond donors (Lipinski definition) is 2. The number of anilines is 2. The van der Waals surface area contributed by atoms with Gasteiger partial charge in [0, 0.05) is 0 Å². The van der Waals surface area contributed by atoms with E-state index in [0.29, 0.717) is 29.1 Å². The summed E-state index contributed by atoms with van der Waals surface area (Å²) in [6.45, 7) is 6.37. The molecular weight excluding hydrogens is 324 g/mol. The van der Waals surface area contributed by atoms with Crippen molar-refractivity contribution >= 4 is 11.5 Å². The maximum atomic E-state index is 6.22. The molecule has 1 atom stereocenters. The van der Waals surface area contributed by atoms with E-state index < -0.39 is 0 Å². The average Bonchev–Trinajstić information content (AvgIpc) is 2.66. The molecule has 0 amide bonds. The van der Waals surface area contributed by atoms with Gasteiger partial charge in [0.05, 0.1) is 6.04 Å². The van der Waals surface area contributed by atoms with Gasteiger partial charge in [0.1, 0.15) is 17.8 Å². The number of benzene rings is 2. The molecule has 0 saturated heterocycles. The summed E-state index contributed by atoms with van der Waals surface area (Å²) in [6.07, 6.45) is 1.45. The fraction of sp³-hybridized carbons (Fsp3) is 0.238. The van der Waals surface area contributed by atoms with Crippen LogP contribution in [0.2, 0.25) is 0 Å². The van der Waals surface area contributed by atoms with Gasteiger partial charge in [-0.25, -0.2) is 4.98 Å². The van der Waals surface area contributed by atoms with Crippen molar-refractivity contribution in [3.63, 3.8) is 0 Å². The Balaban J connectivity index is 1.76. The Morgan fingerprint density at radius 3 is 2.23 bits per heavy atom. The molecule has 5 heteroatoms. The minimum atomic E-state index is 0.0616. The Morgan fingerprint density at radius 1 is 0.885 bits per heavy atom. The molecular formula is C21H24N4O. The molecule has 3 N–H and O–H groups in total. The van der Waals surface area contributed by atoms with Gasteiger partial charge in [0.15, 0.2) is 5.82 Å². The zero-order chi connectivity index (χ0) is 18.5. The Morgan fingerprint density at radius 2 is 1.58 bits per heavy atom. The summed E-state index contributed by atoms with van der Waals surface area (Å²) in [5.74, 6) is 2.08. The van der Waals surface area contributed by atoms with E-state index in [4.69, 9.17) is 10.5 Å². The van der Waals surface area contributed by atoms with Crippen LogP contribution >= 0.6 is 0 Å². The number of nitrogens with one attached hydrogen (secondary N) is 1. The van der Waals surface area contributed by atoms with Gasteiger partial charge in [0.2, 0.25) is 5.88 Å². The molecule has 0 bridgehead atoms. The van der Waals surface area contributed by atoms with Gasteiger partial charge in [-0.3, -0.25) is 0 Å². The zero-order valence-corrected chi connectivity index (χ0v) is 15.3. The fourth-order valence-electron chi connectivity index (χ4n) is 2.64. The van der Waals surface area contributed by atoms with Crippen molar-refractivity contribution in [3.05, 3.63) is 72.1 Å². The van der Waals surface area contributed by atoms with Crippen LogP contribution in [0.1, 0.15) is 43.9 Å². The smallest absolute Gasteiger partial charge is 0.248 e. The summed E-state index contributed by atoms with van der Waals surface area (Å²) in [6, 6.07) is 18.1. The predicted molar refractivity (Wildman–Crippen MR) is 106 cm³/mol. The molecule has 0 radical (unpaired) electrons. The van der Waals surface area contributed by atoms with Gasteiger partial charge in [-0.1, -0.05) is 56.3 Å². The lowest BCUT2D eigenvalue weighted by molar-refractivity contribution is 0.464. The van der Waals surface area contributed by atoms with Gasteiger partial charge in [-0.15, -0.1) is 0 Å². The standard InChI is InChI=1S/C21H24N4O/c1-14(2)16-9-11-18(12-10-16)26-21-19(22)20(23-13-24-21)25-15(3)17-7-5-4-6-8-17/h4-15H,22H2,1-3H3,(H,23,24,25). The van der Waals surface area contributed by atoms with Crippen LogP contribution in [-0.4, -0.2) is 9.97 Å². The van der Waals surface area contributed by atoms with Crippen molar-refractivity contribution < 1.29 is 4.74 Å². The molecule has 0 aliphatic heterocycles. The number of ether oxygens (including phenoxy) is 1. The lowest BCUT2D eigenvalue weighted by Gasteiger charge is -2.17. The second-order valence-electron chi connectivity index (χ2n) is 6.54. The van der Waals surface area contributed by atoms with E-state index in [1.165, 1.54) is 11.9 Å². The predicted octanol–water partition coefficient (Wildman–Crippen LogP) is 5.15. The monoisotopic (exact) mass is 348 g/mol. The first-order valence-corrected chi connectivity index (χ1v) is 8.74. The Hall–Kier alpha value is -3.08. The molecule has 2 aromatic carbocycles. The highest BCUT2D eigenvalue weighted by Crippen LogP contribution is 2.31. The highest BCUT2D eigenvalue weighted by Gasteiger charge is 2.13. The van der Waals surface area contributed by atoms with Crippen LogP contribution < -0.4 is 15.8 Å². The molecule has 0 aliphatic carbocycles. The number of aromatic nitrogens is 2.